The van der Waals surface area contributed by atoms with E-state index in [1.54, 1.807) is 0 Å². The van der Waals surface area contributed by atoms with Crippen molar-refractivity contribution < 1.29 is 4.42 Å². The molecule has 1 aromatic heterocycles. The Labute approximate surface area is 243 Å². The molecule has 1 heterocycles. The van der Waals surface area contributed by atoms with E-state index in [2.05, 4.69) is 140 Å². The van der Waals surface area contributed by atoms with Crippen molar-refractivity contribution in [3.63, 3.8) is 0 Å². The highest BCUT2D eigenvalue weighted by molar-refractivity contribution is 6.27. The first-order chi connectivity index (χ1) is 20.8. The maximum absolute atomic E-state index is 6.59. The largest absolute Gasteiger partial charge is 0.455 e. The number of aryl methyl sites for hydroxylation is 1. The highest BCUT2D eigenvalue weighted by Crippen LogP contribution is 2.48. The fraction of sp³-hybridized carbons (Fsp3) is 0.0244. The summed E-state index contributed by atoms with van der Waals surface area (Å²) in [4.78, 5) is 0. The average molecular weight is 535 g/mol. The highest BCUT2D eigenvalue weighted by atomic mass is 16.3. The Hall–Kier alpha value is -5.40. The second kappa shape index (κ2) is 8.80. The van der Waals surface area contributed by atoms with Gasteiger partial charge < -0.3 is 4.42 Å². The molecule has 9 aromatic rings. The molecule has 0 unspecified atom stereocenters. The van der Waals surface area contributed by atoms with Gasteiger partial charge in [-0.15, -0.1) is 0 Å². The fourth-order valence-corrected chi connectivity index (χ4v) is 7.08. The summed E-state index contributed by atoms with van der Waals surface area (Å²) in [7, 11) is 0. The van der Waals surface area contributed by atoms with Gasteiger partial charge in [-0.05, 0) is 73.3 Å². The van der Waals surface area contributed by atoms with Crippen LogP contribution in [-0.2, 0) is 0 Å². The standard InChI is InChI=1S/C41H26O/c1-25-21-22-33-36(23-25)40(35-19-10-18-34-30-15-8-9-20-38(30)42-41(34)35)32-17-7-6-16-31(32)39(33)37-24-26-11-2-3-12-27(26)28-13-4-5-14-29(28)37/h2-24H,1H3. The predicted octanol–water partition coefficient (Wildman–Crippen LogP) is 11.8. The molecule has 8 aromatic carbocycles. The molecule has 196 valence electrons. The molecular formula is C41H26O. The van der Waals surface area contributed by atoms with Crippen molar-refractivity contribution in [2.45, 2.75) is 6.92 Å². The van der Waals surface area contributed by atoms with E-state index in [0.717, 1.165) is 27.5 Å². The minimum Gasteiger partial charge on any atom is -0.455 e. The SMILES string of the molecule is Cc1ccc2c(-c3cc4ccccc4c4ccccc34)c3ccccc3c(-c3cccc4c3oc3ccccc34)c2c1. The third-order valence-corrected chi connectivity index (χ3v) is 8.89. The van der Waals surface area contributed by atoms with Crippen LogP contribution in [0.5, 0.6) is 0 Å². The van der Waals surface area contributed by atoms with E-state index >= 15 is 0 Å². The normalized spacial score (nSPS) is 11.9. The van der Waals surface area contributed by atoms with Gasteiger partial charge in [-0.3, -0.25) is 0 Å². The summed E-state index contributed by atoms with van der Waals surface area (Å²) in [6, 6.07) is 50.7. The third-order valence-electron chi connectivity index (χ3n) is 8.89. The minimum atomic E-state index is 0.920. The lowest BCUT2D eigenvalue weighted by atomic mass is 9.83. The molecule has 0 amide bonds. The maximum atomic E-state index is 6.59. The first kappa shape index (κ1) is 23.3. The van der Waals surface area contributed by atoms with Crippen LogP contribution < -0.4 is 0 Å². The smallest absolute Gasteiger partial charge is 0.143 e. The Bertz CT molecular complexity index is 2530. The Morgan fingerprint density at radius 2 is 0.976 bits per heavy atom. The molecule has 0 saturated heterocycles. The molecule has 0 radical (unpaired) electrons. The quantitative estimate of drug-likeness (QED) is 0.159. The molecule has 42 heavy (non-hydrogen) atoms. The average Bonchev–Trinajstić information content (AvgIpc) is 3.43. The van der Waals surface area contributed by atoms with Crippen LogP contribution in [0.25, 0.3) is 87.3 Å². The molecule has 0 aliphatic rings. The summed E-state index contributed by atoms with van der Waals surface area (Å²) in [5, 5.41) is 12.4. The summed E-state index contributed by atoms with van der Waals surface area (Å²) >= 11 is 0. The monoisotopic (exact) mass is 534 g/mol. The fourth-order valence-electron chi connectivity index (χ4n) is 7.08. The van der Waals surface area contributed by atoms with Crippen LogP contribution in [0.4, 0.5) is 0 Å². The molecule has 0 aliphatic carbocycles. The molecule has 0 fully saturated rings. The van der Waals surface area contributed by atoms with Crippen LogP contribution in [0.3, 0.4) is 0 Å². The lowest BCUT2D eigenvalue weighted by molar-refractivity contribution is 0.670. The lowest BCUT2D eigenvalue weighted by Gasteiger charge is -2.20. The van der Waals surface area contributed by atoms with Crippen molar-refractivity contribution in [2.24, 2.45) is 0 Å². The zero-order valence-electron chi connectivity index (χ0n) is 23.2. The van der Waals surface area contributed by atoms with Crippen LogP contribution >= 0.6 is 0 Å². The van der Waals surface area contributed by atoms with Gasteiger partial charge in [0.05, 0.1) is 0 Å². The number of furan rings is 1. The zero-order valence-corrected chi connectivity index (χ0v) is 23.2. The van der Waals surface area contributed by atoms with Crippen molar-refractivity contribution in [1.82, 2.24) is 0 Å². The van der Waals surface area contributed by atoms with Crippen LogP contribution in [0, 0.1) is 6.92 Å². The molecule has 9 rings (SSSR count). The maximum Gasteiger partial charge on any atom is 0.143 e. The van der Waals surface area contributed by atoms with Crippen LogP contribution in [0.15, 0.2) is 144 Å². The molecule has 0 N–H and O–H groups in total. The van der Waals surface area contributed by atoms with Crippen LogP contribution in [0.1, 0.15) is 5.56 Å². The van der Waals surface area contributed by atoms with Gasteiger partial charge in [-0.25, -0.2) is 0 Å². The summed E-state index contributed by atoms with van der Waals surface area (Å²) in [5.74, 6) is 0. The minimum absolute atomic E-state index is 0.920. The zero-order chi connectivity index (χ0) is 27.8. The van der Waals surface area contributed by atoms with Gasteiger partial charge >= 0.3 is 0 Å². The second-order valence-electron chi connectivity index (χ2n) is 11.3. The molecule has 0 bridgehead atoms. The van der Waals surface area contributed by atoms with Gasteiger partial charge in [0.15, 0.2) is 0 Å². The van der Waals surface area contributed by atoms with Gasteiger partial charge in [-0.1, -0.05) is 133 Å². The number of para-hydroxylation sites is 2. The Balaban J connectivity index is 1.49. The Morgan fingerprint density at radius 1 is 0.381 bits per heavy atom. The lowest BCUT2D eigenvalue weighted by Crippen LogP contribution is -1.93. The van der Waals surface area contributed by atoms with Gasteiger partial charge in [0.2, 0.25) is 0 Å². The van der Waals surface area contributed by atoms with Gasteiger partial charge in [0.25, 0.3) is 0 Å². The molecule has 0 saturated carbocycles. The second-order valence-corrected chi connectivity index (χ2v) is 11.3. The van der Waals surface area contributed by atoms with E-state index < -0.39 is 0 Å². The van der Waals surface area contributed by atoms with Crippen molar-refractivity contribution in [3.8, 4) is 22.3 Å². The molecular weight excluding hydrogens is 508 g/mol. The summed E-state index contributed by atoms with van der Waals surface area (Å²) in [5.41, 5.74) is 8.00. The first-order valence-electron chi connectivity index (χ1n) is 14.5. The van der Waals surface area contributed by atoms with Crippen molar-refractivity contribution in [1.29, 1.82) is 0 Å². The van der Waals surface area contributed by atoms with Gasteiger partial charge in [0, 0.05) is 21.9 Å². The number of fused-ring (bicyclic) bond motifs is 8. The molecule has 0 aliphatic heterocycles. The predicted molar refractivity (Wildman–Crippen MR) is 179 cm³/mol. The summed E-state index contributed by atoms with van der Waals surface area (Å²) in [6.07, 6.45) is 0. The number of hydrogen-bond donors (Lipinski definition) is 0. The number of hydrogen-bond acceptors (Lipinski definition) is 1. The molecule has 1 nitrogen and oxygen atoms in total. The topological polar surface area (TPSA) is 13.1 Å². The number of rotatable bonds is 2. The summed E-state index contributed by atoms with van der Waals surface area (Å²) < 4.78 is 6.59. The van der Waals surface area contributed by atoms with E-state index in [4.69, 9.17) is 4.42 Å². The van der Waals surface area contributed by atoms with E-state index in [-0.39, 0.29) is 0 Å². The summed E-state index contributed by atoms with van der Waals surface area (Å²) in [6.45, 7) is 2.19. The van der Waals surface area contributed by atoms with Gasteiger partial charge in [-0.2, -0.15) is 0 Å². The molecule has 0 spiro atoms. The van der Waals surface area contributed by atoms with Crippen LogP contribution in [0.2, 0.25) is 0 Å². The Morgan fingerprint density at radius 3 is 1.79 bits per heavy atom. The number of benzene rings is 8. The van der Waals surface area contributed by atoms with E-state index in [9.17, 15) is 0 Å². The van der Waals surface area contributed by atoms with Crippen molar-refractivity contribution in [2.75, 3.05) is 0 Å². The van der Waals surface area contributed by atoms with Gasteiger partial charge in [0.1, 0.15) is 11.2 Å². The third kappa shape index (κ3) is 3.25. The Kier molecular flexibility index (Phi) is 4.88. The van der Waals surface area contributed by atoms with E-state index in [1.807, 2.05) is 6.07 Å². The van der Waals surface area contributed by atoms with Crippen molar-refractivity contribution in [3.05, 3.63) is 145 Å². The van der Waals surface area contributed by atoms with E-state index in [0.29, 0.717) is 0 Å². The van der Waals surface area contributed by atoms with Crippen molar-refractivity contribution >= 4 is 65.0 Å². The molecule has 1 heteroatoms. The highest BCUT2D eigenvalue weighted by Gasteiger charge is 2.21. The van der Waals surface area contributed by atoms with Crippen LogP contribution in [-0.4, -0.2) is 0 Å². The molecule has 0 atom stereocenters. The van der Waals surface area contributed by atoms with E-state index in [1.165, 1.54) is 65.3 Å². The first-order valence-corrected chi connectivity index (χ1v) is 14.5.